The third-order valence-electron chi connectivity index (χ3n) is 4.06. The van der Waals surface area contributed by atoms with Crippen molar-refractivity contribution in [3.05, 3.63) is 35.4 Å². The SMILES string of the molecule is CC(C)CN(Cc1ccc(C(C)C(=O)NN)cc1)C1CC1. The van der Waals surface area contributed by atoms with E-state index < -0.39 is 0 Å². The summed E-state index contributed by atoms with van der Waals surface area (Å²) < 4.78 is 0. The molecular weight excluding hydrogens is 262 g/mol. The normalized spacial score (nSPS) is 16.3. The Hall–Kier alpha value is -1.39. The van der Waals surface area contributed by atoms with Crippen molar-refractivity contribution in [2.24, 2.45) is 11.8 Å². The molecule has 0 saturated heterocycles. The fourth-order valence-corrected chi connectivity index (χ4v) is 2.67. The molecule has 1 aliphatic carbocycles. The van der Waals surface area contributed by atoms with E-state index in [2.05, 4.69) is 36.3 Å². The highest BCUT2D eigenvalue weighted by Gasteiger charge is 2.29. The van der Waals surface area contributed by atoms with Crippen molar-refractivity contribution in [1.29, 1.82) is 0 Å². The van der Waals surface area contributed by atoms with Gasteiger partial charge in [-0.2, -0.15) is 0 Å². The Morgan fingerprint density at radius 3 is 2.38 bits per heavy atom. The molecule has 4 heteroatoms. The Morgan fingerprint density at radius 2 is 1.90 bits per heavy atom. The maximum atomic E-state index is 11.5. The summed E-state index contributed by atoms with van der Waals surface area (Å²) in [6.45, 7) is 8.56. The molecule has 1 aliphatic rings. The first kappa shape index (κ1) is 16.0. The molecular formula is C17H27N3O. The van der Waals surface area contributed by atoms with Crippen LogP contribution in [0.15, 0.2) is 24.3 Å². The Kier molecular flexibility index (Phi) is 5.37. The number of amides is 1. The summed E-state index contributed by atoms with van der Waals surface area (Å²) in [5.41, 5.74) is 4.52. The third kappa shape index (κ3) is 4.55. The van der Waals surface area contributed by atoms with Gasteiger partial charge in [-0.05, 0) is 36.8 Å². The van der Waals surface area contributed by atoms with Crippen molar-refractivity contribution in [2.75, 3.05) is 6.54 Å². The van der Waals surface area contributed by atoms with E-state index in [0.717, 1.165) is 24.7 Å². The first-order valence-corrected chi connectivity index (χ1v) is 7.84. The highest BCUT2D eigenvalue weighted by Crippen LogP contribution is 2.29. The van der Waals surface area contributed by atoms with Gasteiger partial charge in [-0.15, -0.1) is 0 Å². The summed E-state index contributed by atoms with van der Waals surface area (Å²) in [7, 11) is 0. The van der Waals surface area contributed by atoms with Crippen molar-refractivity contribution in [2.45, 2.75) is 52.1 Å². The van der Waals surface area contributed by atoms with Crippen LogP contribution in [-0.2, 0) is 11.3 Å². The van der Waals surface area contributed by atoms with Crippen LogP contribution in [0.3, 0.4) is 0 Å². The fourth-order valence-electron chi connectivity index (χ4n) is 2.67. The standard InChI is InChI=1S/C17H27N3O/c1-12(2)10-20(16-8-9-16)11-14-4-6-15(7-5-14)13(3)17(21)19-18/h4-7,12-13,16H,8-11,18H2,1-3H3,(H,19,21). The van der Waals surface area contributed by atoms with Gasteiger partial charge in [0.2, 0.25) is 5.91 Å². The van der Waals surface area contributed by atoms with E-state index in [0.29, 0.717) is 5.92 Å². The van der Waals surface area contributed by atoms with Crippen LogP contribution in [-0.4, -0.2) is 23.4 Å². The zero-order valence-electron chi connectivity index (χ0n) is 13.3. The number of hydrogen-bond donors (Lipinski definition) is 2. The van der Waals surface area contributed by atoms with Gasteiger partial charge in [0.1, 0.15) is 0 Å². The quantitative estimate of drug-likeness (QED) is 0.460. The molecule has 0 heterocycles. The van der Waals surface area contributed by atoms with E-state index in [1.807, 2.05) is 19.1 Å². The number of hydrazine groups is 1. The van der Waals surface area contributed by atoms with Gasteiger partial charge in [0.25, 0.3) is 0 Å². The minimum atomic E-state index is -0.209. The Bertz CT molecular complexity index is 465. The molecule has 0 aromatic heterocycles. The molecule has 21 heavy (non-hydrogen) atoms. The van der Waals surface area contributed by atoms with Crippen molar-refractivity contribution < 1.29 is 4.79 Å². The predicted octanol–water partition coefficient (Wildman–Crippen LogP) is 2.40. The molecule has 3 N–H and O–H groups in total. The number of nitrogens with zero attached hydrogens (tertiary/aromatic N) is 1. The maximum absolute atomic E-state index is 11.5. The van der Waals surface area contributed by atoms with Crippen LogP contribution in [0.2, 0.25) is 0 Å². The first-order chi connectivity index (χ1) is 10.0. The van der Waals surface area contributed by atoms with Crippen LogP contribution in [0.25, 0.3) is 0 Å². The molecule has 1 saturated carbocycles. The highest BCUT2D eigenvalue weighted by atomic mass is 16.2. The molecule has 1 amide bonds. The minimum Gasteiger partial charge on any atom is -0.296 e. The lowest BCUT2D eigenvalue weighted by atomic mass is 9.99. The topological polar surface area (TPSA) is 58.4 Å². The lowest BCUT2D eigenvalue weighted by Crippen LogP contribution is -2.33. The number of nitrogens with one attached hydrogen (secondary N) is 1. The molecule has 1 aromatic rings. The number of hydrogen-bond acceptors (Lipinski definition) is 3. The Labute approximate surface area is 127 Å². The van der Waals surface area contributed by atoms with Crippen LogP contribution in [0.4, 0.5) is 0 Å². The first-order valence-electron chi connectivity index (χ1n) is 7.84. The number of nitrogens with two attached hydrogens (primary N) is 1. The van der Waals surface area contributed by atoms with Gasteiger partial charge in [0, 0.05) is 19.1 Å². The van der Waals surface area contributed by atoms with Crippen molar-refractivity contribution in [1.82, 2.24) is 10.3 Å². The van der Waals surface area contributed by atoms with E-state index in [4.69, 9.17) is 5.84 Å². The van der Waals surface area contributed by atoms with Crippen LogP contribution in [0, 0.1) is 5.92 Å². The summed E-state index contributed by atoms with van der Waals surface area (Å²) in [5.74, 6) is 5.52. The molecule has 0 radical (unpaired) electrons. The molecule has 1 aromatic carbocycles. The van der Waals surface area contributed by atoms with Gasteiger partial charge in [-0.3, -0.25) is 15.1 Å². The summed E-state index contributed by atoms with van der Waals surface area (Å²) >= 11 is 0. The maximum Gasteiger partial charge on any atom is 0.241 e. The van der Waals surface area contributed by atoms with E-state index in [9.17, 15) is 4.79 Å². The second-order valence-electron chi connectivity index (χ2n) is 6.53. The largest absolute Gasteiger partial charge is 0.296 e. The van der Waals surface area contributed by atoms with Gasteiger partial charge >= 0.3 is 0 Å². The fraction of sp³-hybridized carbons (Fsp3) is 0.588. The third-order valence-corrected chi connectivity index (χ3v) is 4.06. The molecule has 4 nitrogen and oxygen atoms in total. The number of carbonyl (C=O) groups is 1. The number of benzene rings is 1. The zero-order valence-corrected chi connectivity index (χ0v) is 13.3. The monoisotopic (exact) mass is 289 g/mol. The highest BCUT2D eigenvalue weighted by molar-refractivity contribution is 5.82. The van der Waals surface area contributed by atoms with Crippen LogP contribution >= 0.6 is 0 Å². The van der Waals surface area contributed by atoms with Gasteiger partial charge in [0.05, 0.1) is 5.92 Å². The lowest BCUT2D eigenvalue weighted by Gasteiger charge is -2.24. The molecule has 1 fully saturated rings. The second kappa shape index (κ2) is 7.05. The second-order valence-corrected chi connectivity index (χ2v) is 6.53. The van der Waals surface area contributed by atoms with Gasteiger partial charge in [-0.1, -0.05) is 38.1 Å². The van der Waals surface area contributed by atoms with E-state index in [-0.39, 0.29) is 11.8 Å². The number of rotatable bonds is 7. The van der Waals surface area contributed by atoms with Crippen molar-refractivity contribution >= 4 is 5.91 Å². The Balaban J connectivity index is 1.99. The predicted molar refractivity (Wildman–Crippen MR) is 85.5 cm³/mol. The summed E-state index contributed by atoms with van der Waals surface area (Å²) in [6, 6.07) is 9.11. The van der Waals surface area contributed by atoms with E-state index in [1.54, 1.807) is 0 Å². The molecule has 116 valence electrons. The van der Waals surface area contributed by atoms with Crippen molar-refractivity contribution in [3.8, 4) is 0 Å². The molecule has 0 bridgehead atoms. The zero-order chi connectivity index (χ0) is 15.4. The van der Waals surface area contributed by atoms with Crippen molar-refractivity contribution in [3.63, 3.8) is 0 Å². The van der Waals surface area contributed by atoms with Crippen LogP contribution in [0.5, 0.6) is 0 Å². The van der Waals surface area contributed by atoms with E-state index >= 15 is 0 Å². The van der Waals surface area contributed by atoms with Gasteiger partial charge in [-0.25, -0.2) is 5.84 Å². The lowest BCUT2D eigenvalue weighted by molar-refractivity contribution is -0.122. The minimum absolute atomic E-state index is 0.151. The smallest absolute Gasteiger partial charge is 0.241 e. The summed E-state index contributed by atoms with van der Waals surface area (Å²) in [6.07, 6.45) is 2.66. The average molecular weight is 289 g/mol. The molecule has 0 aliphatic heterocycles. The molecule has 1 unspecified atom stereocenters. The Morgan fingerprint density at radius 1 is 1.29 bits per heavy atom. The molecule has 0 spiro atoms. The van der Waals surface area contributed by atoms with E-state index in [1.165, 1.54) is 18.4 Å². The number of carbonyl (C=O) groups excluding carboxylic acids is 1. The van der Waals surface area contributed by atoms with Gasteiger partial charge < -0.3 is 0 Å². The molecule has 2 rings (SSSR count). The van der Waals surface area contributed by atoms with Crippen LogP contribution in [0.1, 0.15) is 50.7 Å². The average Bonchev–Trinajstić information content (AvgIpc) is 3.30. The summed E-state index contributed by atoms with van der Waals surface area (Å²) in [4.78, 5) is 14.1. The van der Waals surface area contributed by atoms with Gasteiger partial charge in [0.15, 0.2) is 0 Å². The summed E-state index contributed by atoms with van der Waals surface area (Å²) in [5, 5.41) is 0. The van der Waals surface area contributed by atoms with Crippen LogP contribution < -0.4 is 11.3 Å². The molecule has 1 atom stereocenters.